The van der Waals surface area contributed by atoms with Gasteiger partial charge in [0.1, 0.15) is 17.9 Å². The van der Waals surface area contributed by atoms with Crippen molar-refractivity contribution < 1.29 is 24.2 Å². The van der Waals surface area contributed by atoms with Crippen LogP contribution in [0.15, 0.2) is 30.5 Å². The SMILES string of the molecule is CCCCCNc1nc(N)nc2ccn(Cc3ccc(CC(=O)OCCN4CCN(C(=O)O)CC4)cc3OC)c12. The highest BCUT2D eigenvalue weighted by molar-refractivity contribution is 5.87. The largest absolute Gasteiger partial charge is 0.496 e. The number of hydrogen-bond acceptors (Lipinski definition) is 9. The number of unbranched alkanes of at least 4 members (excludes halogenated alkanes) is 2. The number of nitrogens with one attached hydrogen (secondary N) is 1. The van der Waals surface area contributed by atoms with Gasteiger partial charge in [0.2, 0.25) is 5.95 Å². The molecule has 1 amide bonds. The van der Waals surface area contributed by atoms with Crippen LogP contribution in [0.3, 0.4) is 0 Å². The summed E-state index contributed by atoms with van der Waals surface area (Å²) >= 11 is 0. The maximum atomic E-state index is 12.5. The highest BCUT2D eigenvalue weighted by Gasteiger charge is 2.20. The number of piperazine rings is 1. The molecule has 1 aliphatic rings. The molecule has 0 atom stereocenters. The van der Waals surface area contributed by atoms with E-state index in [0.717, 1.165) is 48.0 Å². The average Bonchev–Trinajstić information content (AvgIpc) is 3.34. The Labute approximate surface area is 234 Å². The maximum absolute atomic E-state index is 12.5. The lowest BCUT2D eigenvalue weighted by atomic mass is 10.1. The van der Waals surface area contributed by atoms with Crippen LogP contribution in [-0.2, 0) is 22.5 Å². The summed E-state index contributed by atoms with van der Waals surface area (Å²) in [5.41, 5.74) is 9.35. The Hall–Kier alpha value is -4.06. The summed E-state index contributed by atoms with van der Waals surface area (Å²) in [7, 11) is 1.61. The van der Waals surface area contributed by atoms with Crippen molar-refractivity contribution in [2.24, 2.45) is 0 Å². The van der Waals surface area contributed by atoms with Crippen LogP contribution in [-0.4, -0.2) is 94.5 Å². The number of aromatic nitrogens is 3. The highest BCUT2D eigenvalue weighted by Crippen LogP contribution is 2.27. The van der Waals surface area contributed by atoms with Gasteiger partial charge in [0, 0.05) is 51.0 Å². The predicted octanol–water partition coefficient (Wildman–Crippen LogP) is 3.05. The van der Waals surface area contributed by atoms with Gasteiger partial charge in [0.15, 0.2) is 5.82 Å². The Kier molecular flexibility index (Phi) is 10.0. The fraction of sp³-hybridized carbons (Fsp3) is 0.500. The van der Waals surface area contributed by atoms with Crippen LogP contribution in [0.2, 0.25) is 0 Å². The number of benzene rings is 1. The zero-order chi connectivity index (χ0) is 28.5. The van der Waals surface area contributed by atoms with Gasteiger partial charge in [-0.3, -0.25) is 9.69 Å². The number of nitrogens with two attached hydrogens (primary N) is 1. The molecule has 0 aliphatic carbocycles. The number of rotatable bonds is 13. The van der Waals surface area contributed by atoms with Gasteiger partial charge in [-0.15, -0.1) is 0 Å². The molecule has 1 fully saturated rings. The van der Waals surface area contributed by atoms with Gasteiger partial charge in [-0.1, -0.05) is 31.9 Å². The van der Waals surface area contributed by atoms with E-state index in [-0.39, 0.29) is 24.9 Å². The molecule has 12 nitrogen and oxygen atoms in total. The lowest BCUT2D eigenvalue weighted by molar-refractivity contribution is -0.143. The molecule has 40 heavy (non-hydrogen) atoms. The summed E-state index contributed by atoms with van der Waals surface area (Å²) in [6.07, 6.45) is 4.52. The maximum Gasteiger partial charge on any atom is 0.407 e. The van der Waals surface area contributed by atoms with E-state index in [1.165, 1.54) is 4.90 Å². The Morgan fingerprint density at radius 2 is 1.93 bits per heavy atom. The highest BCUT2D eigenvalue weighted by atomic mass is 16.5. The normalized spacial score (nSPS) is 13.9. The second-order valence-electron chi connectivity index (χ2n) is 9.90. The van der Waals surface area contributed by atoms with Gasteiger partial charge >= 0.3 is 12.1 Å². The Balaban J connectivity index is 1.35. The van der Waals surface area contributed by atoms with E-state index >= 15 is 0 Å². The number of carbonyl (C=O) groups is 2. The number of nitrogens with zero attached hydrogens (tertiary/aromatic N) is 5. The molecule has 12 heteroatoms. The van der Waals surface area contributed by atoms with Crippen molar-refractivity contribution in [3.8, 4) is 5.75 Å². The fourth-order valence-corrected chi connectivity index (χ4v) is 4.84. The van der Waals surface area contributed by atoms with Gasteiger partial charge in [-0.25, -0.2) is 9.78 Å². The van der Waals surface area contributed by atoms with Crippen LogP contribution >= 0.6 is 0 Å². The van der Waals surface area contributed by atoms with E-state index < -0.39 is 6.09 Å². The Morgan fingerprint density at radius 1 is 1.12 bits per heavy atom. The van der Waals surface area contributed by atoms with E-state index in [1.807, 2.05) is 30.5 Å². The van der Waals surface area contributed by atoms with Crippen LogP contribution in [0.5, 0.6) is 5.75 Å². The molecule has 4 N–H and O–H groups in total. The smallest absolute Gasteiger partial charge is 0.407 e. The van der Waals surface area contributed by atoms with Crippen molar-refractivity contribution in [2.45, 2.75) is 39.2 Å². The molecule has 0 radical (unpaired) electrons. The summed E-state index contributed by atoms with van der Waals surface area (Å²) < 4.78 is 13.2. The van der Waals surface area contributed by atoms with Crippen molar-refractivity contribution >= 4 is 34.9 Å². The first-order valence-corrected chi connectivity index (χ1v) is 13.8. The van der Waals surface area contributed by atoms with Gasteiger partial charge in [0.05, 0.1) is 25.6 Å². The molecule has 0 bridgehead atoms. The molecule has 1 saturated heterocycles. The molecule has 3 heterocycles. The van der Waals surface area contributed by atoms with E-state index in [4.69, 9.17) is 20.3 Å². The van der Waals surface area contributed by atoms with Crippen molar-refractivity contribution in [3.63, 3.8) is 0 Å². The fourth-order valence-electron chi connectivity index (χ4n) is 4.84. The molecule has 3 aromatic rings. The lowest BCUT2D eigenvalue weighted by Gasteiger charge is -2.32. The summed E-state index contributed by atoms with van der Waals surface area (Å²) in [5, 5.41) is 12.5. The zero-order valence-corrected chi connectivity index (χ0v) is 23.3. The molecular formula is C28H39N7O5. The Bertz CT molecular complexity index is 1300. The number of carboxylic acid groups (broad SMARTS) is 1. The number of nitrogen functional groups attached to an aromatic ring is 1. The van der Waals surface area contributed by atoms with Crippen LogP contribution in [0.1, 0.15) is 37.3 Å². The van der Waals surface area contributed by atoms with Crippen LogP contribution < -0.4 is 15.8 Å². The summed E-state index contributed by atoms with van der Waals surface area (Å²) in [4.78, 5) is 35.8. The molecule has 0 unspecified atom stereocenters. The summed E-state index contributed by atoms with van der Waals surface area (Å²) in [6.45, 7) is 6.55. The quantitative estimate of drug-likeness (QED) is 0.213. The third-order valence-corrected chi connectivity index (χ3v) is 7.05. The molecule has 2 aromatic heterocycles. The van der Waals surface area contributed by atoms with Gasteiger partial charge in [0.25, 0.3) is 0 Å². The standard InChI is InChI=1S/C28H39N7O5/c1-3-4-5-9-30-26-25-22(31-27(29)32-26)8-10-35(25)19-21-7-6-20(17-23(21)39-2)18-24(36)40-16-15-33-11-13-34(14-12-33)28(37)38/h6-8,10,17H,3-5,9,11-16,18-19H2,1-2H3,(H,37,38)(H3,29,30,31,32). The summed E-state index contributed by atoms with van der Waals surface area (Å²) in [6, 6.07) is 7.66. The number of hydrogen-bond donors (Lipinski definition) is 3. The van der Waals surface area contributed by atoms with Crippen molar-refractivity contribution in [1.82, 2.24) is 24.3 Å². The molecular weight excluding hydrogens is 514 g/mol. The van der Waals surface area contributed by atoms with Gasteiger partial charge < -0.3 is 35.1 Å². The number of amides is 1. The van der Waals surface area contributed by atoms with Crippen molar-refractivity contribution in [3.05, 3.63) is 41.6 Å². The first-order chi connectivity index (χ1) is 19.4. The third kappa shape index (κ3) is 7.53. The zero-order valence-electron chi connectivity index (χ0n) is 23.3. The van der Waals surface area contributed by atoms with Gasteiger partial charge in [-0.05, 0) is 24.1 Å². The average molecular weight is 554 g/mol. The Morgan fingerprint density at radius 3 is 2.65 bits per heavy atom. The molecule has 1 aromatic carbocycles. The monoisotopic (exact) mass is 553 g/mol. The van der Waals surface area contributed by atoms with Crippen LogP contribution in [0.25, 0.3) is 11.0 Å². The molecule has 216 valence electrons. The van der Waals surface area contributed by atoms with E-state index in [2.05, 4.69) is 31.7 Å². The second-order valence-corrected chi connectivity index (χ2v) is 9.90. The number of fused-ring (bicyclic) bond motifs is 1. The lowest BCUT2D eigenvalue weighted by Crippen LogP contribution is -2.49. The first kappa shape index (κ1) is 28.9. The van der Waals surface area contributed by atoms with Crippen LogP contribution in [0.4, 0.5) is 16.6 Å². The number of anilines is 2. The minimum absolute atomic E-state index is 0.134. The molecule has 0 saturated carbocycles. The number of esters is 1. The molecule has 4 rings (SSSR count). The van der Waals surface area contributed by atoms with Crippen molar-refractivity contribution in [1.29, 1.82) is 0 Å². The summed E-state index contributed by atoms with van der Waals surface area (Å²) in [5.74, 6) is 1.31. The number of ether oxygens (including phenoxy) is 2. The van der Waals surface area contributed by atoms with Crippen molar-refractivity contribution in [2.75, 3.05) is 64.0 Å². The van der Waals surface area contributed by atoms with E-state index in [9.17, 15) is 9.59 Å². The van der Waals surface area contributed by atoms with E-state index in [1.54, 1.807) is 7.11 Å². The number of methoxy groups -OCH3 is 1. The first-order valence-electron chi connectivity index (χ1n) is 13.8. The van der Waals surface area contributed by atoms with Gasteiger partial charge in [-0.2, -0.15) is 4.98 Å². The minimum Gasteiger partial charge on any atom is -0.496 e. The topological polar surface area (TPSA) is 148 Å². The van der Waals surface area contributed by atoms with E-state index in [0.29, 0.717) is 50.8 Å². The molecule has 0 spiro atoms. The minimum atomic E-state index is -0.895. The van der Waals surface area contributed by atoms with Crippen LogP contribution in [0, 0.1) is 0 Å². The third-order valence-electron chi connectivity index (χ3n) is 7.05. The number of carbonyl (C=O) groups excluding carboxylic acids is 1. The molecule has 1 aliphatic heterocycles. The second kappa shape index (κ2) is 13.8. The predicted molar refractivity (Wildman–Crippen MR) is 153 cm³/mol.